The van der Waals surface area contributed by atoms with Crippen molar-refractivity contribution in [1.82, 2.24) is 0 Å². The van der Waals surface area contributed by atoms with Crippen molar-refractivity contribution in [2.24, 2.45) is 5.73 Å². The molecule has 0 radical (unpaired) electrons. The van der Waals surface area contributed by atoms with Crippen LogP contribution in [0.3, 0.4) is 0 Å². The number of nitrogens with two attached hydrogens (primary N) is 1. The molecule has 2 N–H and O–H groups in total. The minimum Gasteiger partial charge on any atom is -0.320 e. The molecule has 0 unspecified atom stereocenters. The van der Waals surface area contributed by atoms with Crippen molar-refractivity contribution < 1.29 is 4.39 Å². The van der Waals surface area contributed by atoms with Crippen LogP contribution in [0.25, 0.3) is 0 Å². The predicted molar refractivity (Wildman–Crippen MR) is 64.2 cm³/mol. The van der Waals surface area contributed by atoms with Gasteiger partial charge in [-0.3, -0.25) is 0 Å². The van der Waals surface area contributed by atoms with Gasteiger partial charge >= 0.3 is 0 Å². The number of rotatable bonds is 3. The quantitative estimate of drug-likeness (QED) is 0.796. The molecular formula is C12H14FNS. The molecule has 1 rings (SSSR count). The molecule has 1 nitrogen and oxygen atoms in total. The first-order valence-corrected chi connectivity index (χ1v) is 5.98. The lowest BCUT2D eigenvalue weighted by Gasteiger charge is -2.01. The summed E-state index contributed by atoms with van der Waals surface area (Å²) in [6, 6.07) is 5.05. The summed E-state index contributed by atoms with van der Waals surface area (Å²) in [6.07, 6.45) is 0. The normalized spacial score (nSPS) is 9.53. The van der Waals surface area contributed by atoms with Crippen LogP contribution in [-0.4, -0.2) is 12.3 Å². The van der Waals surface area contributed by atoms with E-state index in [1.54, 1.807) is 23.9 Å². The zero-order valence-corrected chi connectivity index (χ0v) is 9.53. The molecule has 0 aliphatic heterocycles. The summed E-state index contributed by atoms with van der Waals surface area (Å²) < 4.78 is 13.3. The van der Waals surface area contributed by atoms with Gasteiger partial charge in [0, 0.05) is 5.75 Å². The van der Waals surface area contributed by atoms with Crippen LogP contribution >= 0.6 is 11.8 Å². The highest BCUT2D eigenvalue weighted by Gasteiger charge is 2.00. The van der Waals surface area contributed by atoms with E-state index in [0.29, 0.717) is 5.56 Å². The van der Waals surface area contributed by atoms with Gasteiger partial charge in [0.2, 0.25) is 0 Å². The summed E-state index contributed by atoms with van der Waals surface area (Å²) in [6.45, 7) is 2.36. The largest absolute Gasteiger partial charge is 0.320 e. The standard InChI is InChI=1S/C12H14FNS/c1-2-15-9-10-5-6-12(13)11(8-10)4-3-7-14/h5-6,8H,2,7,9,14H2,1H3. The van der Waals surface area contributed by atoms with Gasteiger partial charge in [0.25, 0.3) is 0 Å². The highest BCUT2D eigenvalue weighted by Crippen LogP contribution is 2.15. The van der Waals surface area contributed by atoms with Crippen molar-refractivity contribution in [2.45, 2.75) is 12.7 Å². The van der Waals surface area contributed by atoms with Crippen LogP contribution in [0.15, 0.2) is 18.2 Å². The molecule has 0 spiro atoms. The number of hydrogen-bond donors (Lipinski definition) is 1. The zero-order valence-electron chi connectivity index (χ0n) is 8.72. The zero-order chi connectivity index (χ0) is 11.1. The Hall–Kier alpha value is -0.980. The summed E-state index contributed by atoms with van der Waals surface area (Å²) >= 11 is 1.80. The fourth-order valence-corrected chi connectivity index (χ4v) is 1.74. The molecule has 0 aliphatic carbocycles. The van der Waals surface area contributed by atoms with Crippen LogP contribution < -0.4 is 5.73 Å². The Morgan fingerprint density at radius 2 is 2.27 bits per heavy atom. The average Bonchev–Trinajstić information content (AvgIpc) is 2.26. The molecule has 1 aromatic carbocycles. The fourth-order valence-electron chi connectivity index (χ4n) is 1.12. The number of halogens is 1. The molecule has 0 atom stereocenters. The average molecular weight is 223 g/mol. The fraction of sp³-hybridized carbons (Fsp3) is 0.333. The van der Waals surface area contributed by atoms with Crippen LogP contribution in [0.1, 0.15) is 18.1 Å². The van der Waals surface area contributed by atoms with Crippen LogP contribution in [0.5, 0.6) is 0 Å². The van der Waals surface area contributed by atoms with Crippen molar-refractivity contribution in [3.05, 3.63) is 35.1 Å². The molecule has 3 heteroatoms. The van der Waals surface area contributed by atoms with Crippen molar-refractivity contribution in [2.75, 3.05) is 12.3 Å². The smallest absolute Gasteiger partial charge is 0.138 e. The second-order valence-electron chi connectivity index (χ2n) is 2.96. The predicted octanol–water partition coefficient (Wildman–Crippen LogP) is 2.39. The Balaban J connectivity index is 2.85. The van der Waals surface area contributed by atoms with Crippen LogP contribution in [0, 0.1) is 17.7 Å². The molecule has 0 bridgehead atoms. The molecule has 0 heterocycles. The molecule has 1 aromatic rings. The number of benzene rings is 1. The maximum absolute atomic E-state index is 13.3. The van der Waals surface area contributed by atoms with Gasteiger partial charge in [0.05, 0.1) is 12.1 Å². The van der Waals surface area contributed by atoms with E-state index in [1.165, 1.54) is 6.07 Å². The third-order valence-corrected chi connectivity index (χ3v) is 2.77. The van der Waals surface area contributed by atoms with E-state index < -0.39 is 0 Å². The lowest BCUT2D eigenvalue weighted by molar-refractivity contribution is 0.624. The number of thioether (sulfide) groups is 1. The maximum atomic E-state index is 13.3. The molecule has 0 amide bonds. The van der Waals surface area contributed by atoms with Crippen LogP contribution in [0.4, 0.5) is 4.39 Å². The van der Waals surface area contributed by atoms with Crippen molar-refractivity contribution >= 4 is 11.8 Å². The lowest BCUT2D eigenvalue weighted by Crippen LogP contribution is -1.94. The molecule has 0 aliphatic rings. The Labute approximate surface area is 94.2 Å². The second-order valence-corrected chi connectivity index (χ2v) is 4.23. The Bertz CT molecular complexity index is 379. The number of hydrogen-bond acceptors (Lipinski definition) is 2. The Morgan fingerprint density at radius 3 is 2.93 bits per heavy atom. The molecular weight excluding hydrogens is 209 g/mol. The molecule has 0 saturated heterocycles. The second kappa shape index (κ2) is 6.49. The summed E-state index contributed by atoms with van der Waals surface area (Å²) in [5.41, 5.74) is 6.79. The molecule has 0 saturated carbocycles. The Morgan fingerprint density at radius 1 is 1.47 bits per heavy atom. The van der Waals surface area contributed by atoms with E-state index in [2.05, 4.69) is 18.8 Å². The van der Waals surface area contributed by atoms with Crippen molar-refractivity contribution in [3.63, 3.8) is 0 Å². The van der Waals surface area contributed by atoms with Gasteiger partial charge in [-0.1, -0.05) is 24.8 Å². The molecule has 15 heavy (non-hydrogen) atoms. The van der Waals surface area contributed by atoms with Crippen molar-refractivity contribution in [3.8, 4) is 11.8 Å². The first kappa shape index (κ1) is 12.1. The summed E-state index contributed by atoms with van der Waals surface area (Å²) in [7, 11) is 0. The van der Waals surface area contributed by atoms with E-state index >= 15 is 0 Å². The third-order valence-electron chi connectivity index (χ3n) is 1.83. The monoisotopic (exact) mass is 223 g/mol. The SMILES string of the molecule is CCSCc1ccc(F)c(C#CCN)c1. The Kier molecular flexibility index (Phi) is 5.23. The van der Waals surface area contributed by atoms with Gasteiger partial charge in [-0.15, -0.1) is 0 Å². The van der Waals surface area contributed by atoms with Crippen LogP contribution in [-0.2, 0) is 5.75 Å². The van der Waals surface area contributed by atoms with Gasteiger partial charge in [0.1, 0.15) is 5.82 Å². The van der Waals surface area contributed by atoms with Gasteiger partial charge < -0.3 is 5.73 Å². The van der Waals surface area contributed by atoms with E-state index in [0.717, 1.165) is 17.1 Å². The summed E-state index contributed by atoms with van der Waals surface area (Å²) in [5.74, 6) is 7.07. The minimum absolute atomic E-state index is 0.257. The van der Waals surface area contributed by atoms with E-state index in [9.17, 15) is 4.39 Å². The first-order chi connectivity index (χ1) is 7.27. The highest BCUT2D eigenvalue weighted by atomic mass is 32.2. The van der Waals surface area contributed by atoms with Crippen molar-refractivity contribution in [1.29, 1.82) is 0 Å². The molecule has 0 aromatic heterocycles. The maximum Gasteiger partial charge on any atom is 0.138 e. The first-order valence-electron chi connectivity index (χ1n) is 4.83. The van der Waals surface area contributed by atoms with E-state index in [1.807, 2.05) is 0 Å². The van der Waals surface area contributed by atoms with Gasteiger partial charge in [-0.2, -0.15) is 11.8 Å². The molecule has 0 fully saturated rings. The van der Waals surface area contributed by atoms with E-state index in [-0.39, 0.29) is 12.4 Å². The van der Waals surface area contributed by atoms with Gasteiger partial charge in [0.15, 0.2) is 0 Å². The van der Waals surface area contributed by atoms with Gasteiger partial charge in [-0.25, -0.2) is 4.39 Å². The highest BCUT2D eigenvalue weighted by molar-refractivity contribution is 7.98. The molecule has 80 valence electrons. The lowest BCUT2D eigenvalue weighted by atomic mass is 10.1. The van der Waals surface area contributed by atoms with E-state index in [4.69, 9.17) is 5.73 Å². The summed E-state index contributed by atoms with van der Waals surface area (Å²) in [4.78, 5) is 0. The topological polar surface area (TPSA) is 26.0 Å². The summed E-state index contributed by atoms with van der Waals surface area (Å²) in [5, 5.41) is 0. The minimum atomic E-state index is -0.277. The van der Waals surface area contributed by atoms with Crippen LogP contribution in [0.2, 0.25) is 0 Å². The van der Waals surface area contributed by atoms with Gasteiger partial charge in [-0.05, 0) is 23.4 Å². The third kappa shape index (κ3) is 3.94.